The molecule has 0 radical (unpaired) electrons. The first kappa shape index (κ1) is 14.5. The van der Waals surface area contributed by atoms with E-state index in [4.69, 9.17) is 0 Å². The van der Waals surface area contributed by atoms with Crippen molar-refractivity contribution in [3.05, 3.63) is 18.0 Å². The predicted octanol–water partition coefficient (Wildman–Crippen LogP) is 2.04. The van der Waals surface area contributed by atoms with Crippen LogP contribution in [-0.2, 0) is 13.6 Å². The fourth-order valence-corrected chi connectivity index (χ4v) is 3.24. The Hall–Kier alpha value is -0.870. The largest absolute Gasteiger partial charge is 0.393 e. The number of nitrogens with zero attached hydrogens (tertiary/aromatic N) is 3. The Bertz CT molecular complexity index is 413. The van der Waals surface area contributed by atoms with Crippen LogP contribution < -0.4 is 0 Å². The van der Waals surface area contributed by atoms with E-state index in [2.05, 4.69) is 37.1 Å². The van der Waals surface area contributed by atoms with Crippen LogP contribution in [0.1, 0.15) is 38.7 Å². The first-order valence-electron chi connectivity index (χ1n) is 7.20. The summed E-state index contributed by atoms with van der Waals surface area (Å²) < 4.78 is 1.84. The van der Waals surface area contributed by atoms with Gasteiger partial charge in [0.05, 0.1) is 12.3 Å². The van der Waals surface area contributed by atoms with Gasteiger partial charge in [0.2, 0.25) is 0 Å². The van der Waals surface area contributed by atoms with Crippen molar-refractivity contribution in [3.8, 4) is 0 Å². The van der Waals surface area contributed by atoms with Gasteiger partial charge in [0, 0.05) is 31.9 Å². The summed E-state index contributed by atoms with van der Waals surface area (Å²) in [7, 11) is 4.07. The number of aliphatic hydroxyl groups excluding tert-OH is 1. The van der Waals surface area contributed by atoms with E-state index < -0.39 is 0 Å². The van der Waals surface area contributed by atoms with Gasteiger partial charge in [0.1, 0.15) is 0 Å². The van der Waals surface area contributed by atoms with Crippen LogP contribution >= 0.6 is 0 Å². The third-order valence-corrected chi connectivity index (χ3v) is 4.23. The Morgan fingerprint density at radius 1 is 1.53 bits per heavy atom. The molecule has 0 aromatic carbocycles. The molecule has 0 amide bonds. The molecule has 1 fully saturated rings. The lowest BCUT2D eigenvalue weighted by Crippen LogP contribution is -2.39. The summed E-state index contributed by atoms with van der Waals surface area (Å²) in [6.07, 6.45) is 7.03. The van der Waals surface area contributed by atoms with Crippen molar-refractivity contribution < 1.29 is 5.11 Å². The highest BCUT2D eigenvalue weighted by atomic mass is 16.3. The van der Waals surface area contributed by atoms with Gasteiger partial charge in [-0.3, -0.25) is 4.68 Å². The third kappa shape index (κ3) is 4.05. The maximum Gasteiger partial charge on any atom is 0.0581 e. The highest BCUT2D eigenvalue weighted by Crippen LogP contribution is 2.38. The standard InChI is InChI=1S/C15H27N3O/c1-15(2)6-5-14(19)13(7-15)11-17(3)9-12-8-16-18(4)10-12/h8,10,13-14,19H,5-7,9,11H2,1-4H3. The third-order valence-electron chi connectivity index (χ3n) is 4.23. The van der Waals surface area contributed by atoms with Crippen molar-refractivity contribution >= 4 is 0 Å². The Labute approximate surface area is 116 Å². The van der Waals surface area contributed by atoms with Gasteiger partial charge in [-0.2, -0.15) is 5.10 Å². The molecule has 2 unspecified atom stereocenters. The maximum atomic E-state index is 10.2. The number of aromatic nitrogens is 2. The SMILES string of the molecule is CN(Cc1cnn(C)c1)CC1CC(C)(C)CCC1O. The Morgan fingerprint density at radius 3 is 2.89 bits per heavy atom. The molecule has 1 aromatic rings. The topological polar surface area (TPSA) is 41.3 Å². The fraction of sp³-hybridized carbons (Fsp3) is 0.800. The number of hydrogen-bond donors (Lipinski definition) is 1. The Balaban J connectivity index is 1.88. The minimum Gasteiger partial charge on any atom is -0.393 e. The fourth-order valence-electron chi connectivity index (χ4n) is 3.24. The van der Waals surface area contributed by atoms with E-state index in [-0.39, 0.29) is 6.10 Å². The molecule has 4 heteroatoms. The molecule has 0 saturated heterocycles. The molecular weight excluding hydrogens is 238 g/mol. The zero-order valence-corrected chi connectivity index (χ0v) is 12.6. The van der Waals surface area contributed by atoms with Crippen LogP contribution in [0.15, 0.2) is 12.4 Å². The second-order valence-corrected chi connectivity index (χ2v) is 6.95. The van der Waals surface area contributed by atoms with Gasteiger partial charge in [-0.1, -0.05) is 13.8 Å². The lowest BCUT2D eigenvalue weighted by atomic mass is 9.71. The first-order valence-corrected chi connectivity index (χ1v) is 7.20. The molecule has 1 heterocycles. The van der Waals surface area contributed by atoms with Crippen LogP contribution in [0.5, 0.6) is 0 Å². The molecular formula is C15H27N3O. The second kappa shape index (κ2) is 5.63. The molecule has 4 nitrogen and oxygen atoms in total. The quantitative estimate of drug-likeness (QED) is 0.906. The molecule has 2 atom stereocenters. The van der Waals surface area contributed by atoms with E-state index in [0.717, 1.165) is 32.4 Å². The molecule has 108 valence electrons. The lowest BCUT2D eigenvalue weighted by Gasteiger charge is -2.40. The lowest BCUT2D eigenvalue weighted by molar-refractivity contribution is 0.00673. The maximum absolute atomic E-state index is 10.2. The first-order chi connectivity index (χ1) is 8.85. The smallest absolute Gasteiger partial charge is 0.0581 e. The monoisotopic (exact) mass is 265 g/mol. The van der Waals surface area contributed by atoms with Crippen LogP contribution in [0.3, 0.4) is 0 Å². The van der Waals surface area contributed by atoms with E-state index in [9.17, 15) is 5.11 Å². The van der Waals surface area contributed by atoms with Crippen molar-refractivity contribution in [2.45, 2.75) is 45.8 Å². The molecule has 0 bridgehead atoms. The summed E-state index contributed by atoms with van der Waals surface area (Å²) >= 11 is 0. The van der Waals surface area contributed by atoms with Gasteiger partial charge < -0.3 is 10.0 Å². The van der Waals surface area contributed by atoms with Crippen molar-refractivity contribution in [2.75, 3.05) is 13.6 Å². The van der Waals surface area contributed by atoms with E-state index >= 15 is 0 Å². The molecule has 1 aliphatic rings. The van der Waals surface area contributed by atoms with Gasteiger partial charge >= 0.3 is 0 Å². The van der Waals surface area contributed by atoms with E-state index in [1.807, 2.05) is 17.9 Å². The van der Waals surface area contributed by atoms with Crippen LogP contribution in [-0.4, -0.2) is 39.5 Å². The molecule has 2 rings (SSSR count). The second-order valence-electron chi connectivity index (χ2n) is 6.95. The van der Waals surface area contributed by atoms with E-state index in [0.29, 0.717) is 11.3 Å². The van der Waals surface area contributed by atoms with Crippen LogP contribution in [0, 0.1) is 11.3 Å². The Morgan fingerprint density at radius 2 is 2.26 bits per heavy atom. The van der Waals surface area contributed by atoms with Crippen LogP contribution in [0.25, 0.3) is 0 Å². The molecule has 0 aliphatic heterocycles. The van der Waals surface area contributed by atoms with Gasteiger partial charge in [-0.25, -0.2) is 0 Å². The van der Waals surface area contributed by atoms with E-state index in [1.54, 1.807) is 0 Å². The van der Waals surface area contributed by atoms with Gasteiger partial charge in [-0.05, 0) is 37.6 Å². The Kier molecular flexibility index (Phi) is 4.31. The van der Waals surface area contributed by atoms with Crippen LogP contribution in [0.2, 0.25) is 0 Å². The molecule has 1 saturated carbocycles. The number of aryl methyl sites for hydroxylation is 1. The average Bonchev–Trinajstić information content (AvgIpc) is 2.69. The van der Waals surface area contributed by atoms with Crippen molar-refractivity contribution in [1.82, 2.24) is 14.7 Å². The van der Waals surface area contributed by atoms with Gasteiger partial charge in [0.25, 0.3) is 0 Å². The highest BCUT2D eigenvalue weighted by Gasteiger charge is 2.34. The summed E-state index contributed by atoms with van der Waals surface area (Å²) in [4.78, 5) is 2.30. The minimum absolute atomic E-state index is 0.135. The summed E-state index contributed by atoms with van der Waals surface area (Å²) in [6.45, 7) is 6.48. The van der Waals surface area contributed by atoms with Crippen molar-refractivity contribution in [3.63, 3.8) is 0 Å². The van der Waals surface area contributed by atoms with Crippen LogP contribution in [0.4, 0.5) is 0 Å². The minimum atomic E-state index is -0.135. The van der Waals surface area contributed by atoms with Crippen molar-refractivity contribution in [2.24, 2.45) is 18.4 Å². The number of rotatable bonds is 4. The molecule has 1 aromatic heterocycles. The van der Waals surface area contributed by atoms with Gasteiger partial charge in [0.15, 0.2) is 0 Å². The molecule has 1 aliphatic carbocycles. The van der Waals surface area contributed by atoms with E-state index in [1.165, 1.54) is 5.56 Å². The summed E-state index contributed by atoms with van der Waals surface area (Å²) in [6, 6.07) is 0. The van der Waals surface area contributed by atoms with Crippen molar-refractivity contribution in [1.29, 1.82) is 0 Å². The average molecular weight is 265 g/mol. The highest BCUT2D eigenvalue weighted by molar-refractivity contribution is 5.03. The summed E-state index contributed by atoms with van der Waals surface area (Å²) in [5, 5.41) is 14.4. The molecule has 19 heavy (non-hydrogen) atoms. The predicted molar refractivity (Wildman–Crippen MR) is 76.7 cm³/mol. The summed E-state index contributed by atoms with van der Waals surface area (Å²) in [5.41, 5.74) is 1.61. The van der Waals surface area contributed by atoms with Gasteiger partial charge in [-0.15, -0.1) is 0 Å². The zero-order valence-electron chi connectivity index (χ0n) is 12.6. The number of hydrogen-bond acceptors (Lipinski definition) is 3. The molecule has 1 N–H and O–H groups in total. The zero-order chi connectivity index (χ0) is 14.0. The normalized spacial score (nSPS) is 26.8. The number of aliphatic hydroxyl groups is 1. The molecule has 0 spiro atoms. The summed E-state index contributed by atoms with van der Waals surface area (Å²) in [5.74, 6) is 0.394.